The van der Waals surface area contributed by atoms with E-state index in [0.29, 0.717) is 0 Å². The Kier molecular flexibility index (Phi) is 6.00. The van der Waals surface area contributed by atoms with E-state index in [1.165, 1.54) is 10.5 Å². The third-order valence-electron chi connectivity index (χ3n) is 3.29. The molecule has 1 aliphatic heterocycles. The fourth-order valence-corrected chi connectivity index (χ4v) is 2.54. The van der Waals surface area contributed by atoms with E-state index in [2.05, 4.69) is 46.1 Å². The summed E-state index contributed by atoms with van der Waals surface area (Å²) in [5.74, 6) is 0. The Bertz CT molecular complexity index is 333. The molecule has 0 spiro atoms. The molecule has 1 saturated heterocycles. The van der Waals surface area contributed by atoms with Crippen LogP contribution in [-0.2, 0) is 6.42 Å². The van der Waals surface area contributed by atoms with Gasteiger partial charge in [-0.15, -0.1) is 11.8 Å². The largest absolute Gasteiger partial charge is 0.314 e. The van der Waals surface area contributed by atoms with Crippen LogP contribution in [0.25, 0.3) is 0 Å². The van der Waals surface area contributed by atoms with Crippen LogP contribution in [0, 0.1) is 0 Å². The van der Waals surface area contributed by atoms with Gasteiger partial charge in [0.05, 0.1) is 0 Å². The van der Waals surface area contributed by atoms with Crippen molar-refractivity contribution in [2.45, 2.75) is 11.3 Å². The Morgan fingerprint density at radius 2 is 1.94 bits per heavy atom. The van der Waals surface area contributed by atoms with E-state index in [0.717, 1.165) is 45.8 Å². The van der Waals surface area contributed by atoms with Gasteiger partial charge in [-0.05, 0) is 30.4 Å². The van der Waals surface area contributed by atoms with E-state index in [1.54, 1.807) is 11.8 Å². The zero-order valence-corrected chi connectivity index (χ0v) is 11.9. The number of nitrogens with zero attached hydrogens (tertiary/aromatic N) is 1. The van der Waals surface area contributed by atoms with Crippen LogP contribution in [0.3, 0.4) is 0 Å². The molecule has 0 amide bonds. The standard InChI is InChI=1S/C14H23N3S/c1-18-14-4-2-13(3-5-14)6-7-16-12-17-10-8-15-9-11-17/h2-5,15-16H,6-12H2,1H3. The van der Waals surface area contributed by atoms with Gasteiger partial charge in [0.1, 0.15) is 0 Å². The normalized spacial score (nSPS) is 16.9. The SMILES string of the molecule is CSc1ccc(CCNCN2CCNCC2)cc1. The van der Waals surface area contributed by atoms with Crippen molar-refractivity contribution >= 4 is 11.8 Å². The highest BCUT2D eigenvalue weighted by molar-refractivity contribution is 7.98. The molecule has 0 aliphatic carbocycles. The third kappa shape index (κ3) is 4.61. The molecule has 0 aromatic heterocycles. The zero-order chi connectivity index (χ0) is 12.6. The fourth-order valence-electron chi connectivity index (χ4n) is 2.13. The Morgan fingerprint density at radius 3 is 2.61 bits per heavy atom. The number of hydrogen-bond acceptors (Lipinski definition) is 4. The summed E-state index contributed by atoms with van der Waals surface area (Å²) in [5.41, 5.74) is 1.42. The van der Waals surface area contributed by atoms with E-state index >= 15 is 0 Å². The molecule has 18 heavy (non-hydrogen) atoms. The molecule has 0 radical (unpaired) electrons. The molecule has 1 aliphatic rings. The van der Waals surface area contributed by atoms with Gasteiger partial charge in [0, 0.05) is 44.3 Å². The van der Waals surface area contributed by atoms with Crippen LogP contribution < -0.4 is 10.6 Å². The predicted molar refractivity (Wildman–Crippen MR) is 79.2 cm³/mol. The highest BCUT2D eigenvalue weighted by Crippen LogP contribution is 2.14. The first-order valence-corrected chi connectivity index (χ1v) is 7.87. The maximum Gasteiger partial charge on any atom is 0.0481 e. The number of rotatable bonds is 6. The van der Waals surface area contributed by atoms with Gasteiger partial charge in [0.2, 0.25) is 0 Å². The van der Waals surface area contributed by atoms with Gasteiger partial charge in [-0.2, -0.15) is 0 Å². The van der Waals surface area contributed by atoms with Crippen LogP contribution in [0.2, 0.25) is 0 Å². The van der Waals surface area contributed by atoms with Crippen LogP contribution in [-0.4, -0.2) is 50.5 Å². The molecule has 1 fully saturated rings. The molecule has 2 N–H and O–H groups in total. The Labute approximate surface area is 114 Å². The summed E-state index contributed by atoms with van der Waals surface area (Å²) in [6.45, 7) is 6.65. The lowest BCUT2D eigenvalue weighted by atomic mass is 10.1. The van der Waals surface area contributed by atoms with E-state index in [-0.39, 0.29) is 0 Å². The lowest BCUT2D eigenvalue weighted by molar-refractivity contribution is 0.224. The number of piperazine rings is 1. The summed E-state index contributed by atoms with van der Waals surface area (Å²) in [6.07, 6.45) is 3.23. The first-order valence-electron chi connectivity index (χ1n) is 6.65. The van der Waals surface area contributed by atoms with Crippen molar-refractivity contribution in [3.63, 3.8) is 0 Å². The molecule has 0 bridgehead atoms. The second-order valence-corrected chi connectivity index (χ2v) is 5.50. The van der Waals surface area contributed by atoms with Crippen LogP contribution in [0.15, 0.2) is 29.2 Å². The number of nitrogens with one attached hydrogen (secondary N) is 2. The van der Waals surface area contributed by atoms with Crippen LogP contribution in [0.5, 0.6) is 0 Å². The zero-order valence-electron chi connectivity index (χ0n) is 11.1. The summed E-state index contributed by atoms with van der Waals surface area (Å²) in [4.78, 5) is 3.81. The quantitative estimate of drug-likeness (QED) is 0.601. The van der Waals surface area contributed by atoms with Crippen molar-refractivity contribution in [3.05, 3.63) is 29.8 Å². The monoisotopic (exact) mass is 265 g/mol. The average molecular weight is 265 g/mol. The average Bonchev–Trinajstić information content (AvgIpc) is 2.45. The first-order chi connectivity index (χ1) is 8.88. The van der Waals surface area contributed by atoms with Crippen molar-refractivity contribution in [3.8, 4) is 0 Å². The van der Waals surface area contributed by atoms with Crippen LogP contribution in [0.1, 0.15) is 5.56 Å². The van der Waals surface area contributed by atoms with Crippen molar-refractivity contribution in [2.75, 3.05) is 45.6 Å². The van der Waals surface area contributed by atoms with Gasteiger partial charge in [0.15, 0.2) is 0 Å². The molecule has 100 valence electrons. The second kappa shape index (κ2) is 7.79. The highest BCUT2D eigenvalue weighted by atomic mass is 32.2. The summed E-state index contributed by atoms with van der Waals surface area (Å²) >= 11 is 1.80. The molecule has 3 nitrogen and oxygen atoms in total. The van der Waals surface area contributed by atoms with Crippen LogP contribution in [0.4, 0.5) is 0 Å². The van der Waals surface area contributed by atoms with E-state index in [4.69, 9.17) is 0 Å². The van der Waals surface area contributed by atoms with E-state index in [1.807, 2.05) is 0 Å². The summed E-state index contributed by atoms with van der Waals surface area (Å²) in [7, 11) is 0. The van der Waals surface area contributed by atoms with Crippen molar-refractivity contribution in [2.24, 2.45) is 0 Å². The first kappa shape index (κ1) is 13.9. The van der Waals surface area contributed by atoms with Gasteiger partial charge < -0.3 is 10.6 Å². The Hall–Kier alpha value is -0.550. The Balaban J connectivity index is 1.62. The molecular weight excluding hydrogens is 242 g/mol. The highest BCUT2D eigenvalue weighted by Gasteiger charge is 2.07. The Morgan fingerprint density at radius 1 is 1.22 bits per heavy atom. The van der Waals surface area contributed by atoms with Gasteiger partial charge in [-0.1, -0.05) is 12.1 Å². The lowest BCUT2D eigenvalue weighted by Crippen LogP contribution is -2.47. The van der Waals surface area contributed by atoms with E-state index < -0.39 is 0 Å². The van der Waals surface area contributed by atoms with Gasteiger partial charge in [-0.3, -0.25) is 4.90 Å². The van der Waals surface area contributed by atoms with Crippen molar-refractivity contribution in [1.29, 1.82) is 0 Å². The molecule has 1 aromatic rings. The maximum atomic E-state index is 3.53. The fraction of sp³-hybridized carbons (Fsp3) is 0.571. The van der Waals surface area contributed by atoms with Gasteiger partial charge in [-0.25, -0.2) is 0 Å². The minimum Gasteiger partial charge on any atom is -0.314 e. The van der Waals surface area contributed by atoms with Crippen molar-refractivity contribution in [1.82, 2.24) is 15.5 Å². The van der Waals surface area contributed by atoms with E-state index in [9.17, 15) is 0 Å². The molecule has 2 rings (SSSR count). The smallest absolute Gasteiger partial charge is 0.0481 e. The van der Waals surface area contributed by atoms with Gasteiger partial charge in [0.25, 0.3) is 0 Å². The maximum absolute atomic E-state index is 3.53. The summed E-state index contributed by atoms with van der Waals surface area (Å²) in [5, 5.41) is 6.90. The third-order valence-corrected chi connectivity index (χ3v) is 4.04. The number of benzene rings is 1. The molecule has 1 aromatic carbocycles. The lowest BCUT2D eigenvalue weighted by Gasteiger charge is -2.27. The minimum atomic E-state index is 1.02. The summed E-state index contributed by atoms with van der Waals surface area (Å²) in [6, 6.07) is 8.88. The molecule has 1 heterocycles. The number of thioether (sulfide) groups is 1. The predicted octanol–water partition coefficient (Wildman–Crippen LogP) is 1.40. The topological polar surface area (TPSA) is 27.3 Å². The molecule has 0 atom stereocenters. The van der Waals surface area contributed by atoms with Gasteiger partial charge >= 0.3 is 0 Å². The minimum absolute atomic E-state index is 1.02. The second-order valence-electron chi connectivity index (χ2n) is 4.62. The van der Waals surface area contributed by atoms with Crippen LogP contribution >= 0.6 is 11.8 Å². The molecular formula is C14H23N3S. The molecule has 4 heteroatoms. The molecule has 0 unspecified atom stereocenters. The molecule has 0 saturated carbocycles. The summed E-state index contributed by atoms with van der Waals surface area (Å²) < 4.78 is 0. The van der Waals surface area contributed by atoms with Crippen molar-refractivity contribution < 1.29 is 0 Å². The number of hydrogen-bond donors (Lipinski definition) is 2.